The number of rotatable bonds is 8. The quantitative estimate of drug-likeness (QED) is 0.0886. The minimum absolute atomic E-state index is 0.0155. The number of aromatic amines is 1. The van der Waals surface area contributed by atoms with E-state index in [1.165, 1.54) is 38.5 Å². The van der Waals surface area contributed by atoms with Gasteiger partial charge in [-0.05, 0) is 66.7 Å². The molecule has 1 amide bonds. The number of amides is 1. The molecule has 3 heterocycles. The van der Waals surface area contributed by atoms with E-state index < -0.39 is 5.91 Å². The molecule has 9 rings (SSSR count). The number of carbonyl (C=O) groups excluding carboxylic acids is 3. The SMILES string of the molecule is CC.CC.COc1ccc(O)c(C#N)c1.COc1ccc(O)c(C=O)c1.COc1ccc2oc(C(N)=O)c(N)c2c1.COc1ccc2oc3c(=O)[nH]c(-c4ccccc4)nc3c2c1.O=Cc1ccccc1. The summed E-state index contributed by atoms with van der Waals surface area (Å²) in [4.78, 5) is 50.9. The zero-order chi connectivity index (χ0) is 52.5. The third-order valence-electron chi connectivity index (χ3n) is 9.36. The van der Waals surface area contributed by atoms with Gasteiger partial charge in [0.05, 0.1) is 50.6 Å². The summed E-state index contributed by atoms with van der Waals surface area (Å²) < 4.78 is 30.8. The Balaban J connectivity index is 0.000000241. The normalized spacial score (nSPS) is 9.56. The van der Waals surface area contributed by atoms with Gasteiger partial charge in [-0.25, -0.2) is 4.98 Å². The van der Waals surface area contributed by atoms with Gasteiger partial charge in [-0.15, -0.1) is 0 Å². The van der Waals surface area contributed by atoms with Gasteiger partial charge in [0.2, 0.25) is 11.3 Å². The minimum atomic E-state index is -0.678. The molecule has 0 saturated carbocycles. The van der Waals surface area contributed by atoms with E-state index in [4.69, 9.17) is 54.7 Å². The lowest BCUT2D eigenvalue weighted by molar-refractivity contribution is 0.0976. The highest BCUT2D eigenvalue weighted by Crippen LogP contribution is 2.32. The highest BCUT2D eigenvalue weighted by atomic mass is 16.5. The summed E-state index contributed by atoms with van der Waals surface area (Å²) in [6, 6.07) is 39.9. The van der Waals surface area contributed by atoms with Crippen LogP contribution in [0, 0.1) is 11.3 Å². The van der Waals surface area contributed by atoms with Crippen molar-refractivity contribution >= 4 is 57.2 Å². The molecule has 0 spiro atoms. The lowest BCUT2D eigenvalue weighted by Crippen LogP contribution is -2.11. The number of furan rings is 2. The first-order valence-electron chi connectivity index (χ1n) is 21.7. The number of fused-ring (bicyclic) bond motifs is 4. The number of nitrogens with zero attached hydrogens (tertiary/aromatic N) is 2. The average Bonchev–Trinajstić information content (AvgIpc) is 3.98. The second kappa shape index (κ2) is 28.6. The van der Waals surface area contributed by atoms with Crippen LogP contribution in [0.3, 0.4) is 0 Å². The van der Waals surface area contributed by atoms with Gasteiger partial charge in [-0.1, -0.05) is 88.4 Å². The first kappa shape index (κ1) is 55.8. The van der Waals surface area contributed by atoms with E-state index in [-0.39, 0.29) is 45.2 Å². The van der Waals surface area contributed by atoms with Crippen LogP contribution in [0.15, 0.2) is 147 Å². The van der Waals surface area contributed by atoms with Crippen molar-refractivity contribution in [1.82, 2.24) is 9.97 Å². The van der Waals surface area contributed by atoms with E-state index >= 15 is 0 Å². The van der Waals surface area contributed by atoms with Crippen molar-refractivity contribution in [3.8, 4) is 52.0 Å². The number of anilines is 1. The van der Waals surface area contributed by atoms with Crippen molar-refractivity contribution in [2.24, 2.45) is 5.73 Å². The Bertz CT molecular complexity index is 3230. The minimum Gasteiger partial charge on any atom is -0.507 e. The number of aromatic hydroxyl groups is 2. The maximum absolute atomic E-state index is 12.3. The maximum Gasteiger partial charge on any atom is 0.294 e. The van der Waals surface area contributed by atoms with Crippen LogP contribution < -0.4 is 36.0 Å². The molecule has 17 nitrogen and oxygen atoms in total. The number of phenolic OH excluding ortho intramolecular Hbond substituents is 2. The number of H-pyrrole nitrogens is 1. The Kier molecular flexibility index (Phi) is 22.4. The average molecular weight is 966 g/mol. The summed E-state index contributed by atoms with van der Waals surface area (Å²) in [5, 5.41) is 28.0. The number of ether oxygens (including phenoxy) is 4. The van der Waals surface area contributed by atoms with E-state index in [9.17, 15) is 19.2 Å². The first-order valence-corrected chi connectivity index (χ1v) is 21.7. The number of nitrogens with one attached hydrogen (secondary N) is 1. The molecule has 3 aromatic heterocycles. The fourth-order valence-electron chi connectivity index (χ4n) is 5.92. The van der Waals surface area contributed by atoms with Gasteiger partial charge in [0.15, 0.2) is 6.29 Å². The number of primary amides is 1. The molecule has 7 N–H and O–H groups in total. The summed E-state index contributed by atoms with van der Waals surface area (Å²) in [6.45, 7) is 8.00. The number of hydrogen-bond acceptors (Lipinski definition) is 15. The van der Waals surface area contributed by atoms with E-state index in [1.807, 2.05) is 88.4 Å². The van der Waals surface area contributed by atoms with Crippen LogP contribution in [0.2, 0.25) is 0 Å². The van der Waals surface area contributed by atoms with Crippen molar-refractivity contribution in [3.63, 3.8) is 0 Å². The molecule has 0 aliphatic carbocycles. The third-order valence-corrected chi connectivity index (χ3v) is 9.36. The van der Waals surface area contributed by atoms with Gasteiger partial charge in [0.1, 0.15) is 69.4 Å². The molecule has 71 heavy (non-hydrogen) atoms. The molecule has 6 aromatic carbocycles. The number of nitrogen functional groups attached to an aromatic ring is 1. The first-order chi connectivity index (χ1) is 34.4. The number of benzene rings is 6. The molecule has 0 fully saturated rings. The number of aldehydes is 2. The Labute approximate surface area is 409 Å². The zero-order valence-electron chi connectivity index (χ0n) is 40.4. The van der Waals surface area contributed by atoms with Crippen molar-refractivity contribution in [3.05, 3.63) is 166 Å². The van der Waals surface area contributed by atoms with E-state index in [0.29, 0.717) is 57.2 Å². The predicted octanol–water partition coefficient (Wildman–Crippen LogP) is 10.5. The van der Waals surface area contributed by atoms with Crippen LogP contribution >= 0.6 is 0 Å². The molecule has 0 saturated heterocycles. The lowest BCUT2D eigenvalue weighted by Gasteiger charge is -2.00. The number of hydrogen-bond donors (Lipinski definition) is 5. The van der Waals surface area contributed by atoms with Crippen LogP contribution in [-0.4, -0.2) is 67.1 Å². The highest BCUT2D eigenvalue weighted by Gasteiger charge is 2.17. The number of nitriles is 1. The van der Waals surface area contributed by atoms with Crippen LogP contribution in [-0.2, 0) is 0 Å². The molecule has 368 valence electrons. The van der Waals surface area contributed by atoms with Gasteiger partial charge in [0.25, 0.3) is 11.5 Å². The number of phenols is 2. The molecule has 0 aliphatic rings. The second-order valence-corrected chi connectivity index (χ2v) is 13.6. The van der Waals surface area contributed by atoms with Crippen molar-refractivity contribution < 1.29 is 52.4 Å². The molecule has 0 radical (unpaired) electrons. The molecular formula is C54H55N5O12. The topological polar surface area (TPSA) is 276 Å². The smallest absolute Gasteiger partial charge is 0.294 e. The molecule has 9 aromatic rings. The molecule has 0 bridgehead atoms. The molecule has 0 unspecified atom stereocenters. The Morgan fingerprint density at radius 2 is 1.15 bits per heavy atom. The van der Waals surface area contributed by atoms with Gasteiger partial charge < -0.3 is 54.4 Å². The largest absolute Gasteiger partial charge is 0.507 e. The van der Waals surface area contributed by atoms with Gasteiger partial charge in [0, 0.05) is 22.6 Å². The summed E-state index contributed by atoms with van der Waals surface area (Å²) in [6.07, 6.45) is 1.41. The van der Waals surface area contributed by atoms with Crippen molar-refractivity contribution in [2.45, 2.75) is 27.7 Å². The summed E-state index contributed by atoms with van der Waals surface area (Å²) in [5.41, 5.74) is 14.7. The maximum atomic E-state index is 12.3. The van der Waals surface area contributed by atoms with Crippen LogP contribution in [0.25, 0.3) is 44.4 Å². The van der Waals surface area contributed by atoms with Crippen LogP contribution in [0.1, 0.15) is 64.5 Å². The van der Waals surface area contributed by atoms with Gasteiger partial charge in [-0.3, -0.25) is 19.2 Å². The van der Waals surface area contributed by atoms with Crippen LogP contribution in [0.4, 0.5) is 5.69 Å². The fraction of sp³-hybridized carbons (Fsp3) is 0.148. The Morgan fingerprint density at radius 1 is 0.662 bits per heavy atom. The van der Waals surface area contributed by atoms with Crippen molar-refractivity contribution in [2.75, 3.05) is 34.2 Å². The summed E-state index contributed by atoms with van der Waals surface area (Å²) in [5.74, 6) is 2.24. The molecular weight excluding hydrogens is 911 g/mol. The summed E-state index contributed by atoms with van der Waals surface area (Å²) >= 11 is 0. The standard InChI is InChI=1S/C17H12N2O3.C10H10N2O3.C8H7NO2.C8H8O3.C7H6O.2C2H6/c1-21-11-7-8-13-12(9-11)14-15(22-13)17(20)19-16(18-14)10-5-3-2-4-6-10;1-14-5-2-3-7-6(4-5)8(11)9(15-7)10(12)13;2*1-11-7-2-3-8(10)6(4-7)5-9;8-6-7-4-2-1-3-5-7;2*1-2/h2-9H,1H3,(H,18,19,20);2-4H,11H2,1H3,(H2,12,13);2-4,10H,1H3;2-5,10H,1H3;1-6H;2*1-2H3. The predicted molar refractivity (Wildman–Crippen MR) is 274 cm³/mol. The molecule has 0 aliphatic heterocycles. The fourth-order valence-corrected chi connectivity index (χ4v) is 5.92. The van der Waals surface area contributed by atoms with Crippen LogP contribution in [0.5, 0.6) is 34.5 Å². The number of aromatic nitrogens is 2. The second-order valence-electron chi connectivity index (χ2n) is 13.6. The van der Waals surface area contributed by atoms with Crippen molar-refractivity contribution in [1.29, 1.82) is 5.26 Å². The highest BCUT2D eigenvalue weighted by molar-refractivity contribution is 6.05. The summed E-state index contributed by atoms with van der Waals surface area (Å²) in [7, 11) is 6.15. The lowest BCUT2D eigenvalue weighted by atomic mass is 10.2. The Morgan fingerprint density at radius 3 is 1.66 bits per heavy atom. The van der Waals surface area contributed by atoms with E-state index in [1.54, 1.807) is 68.8 Å². The number of carbonyl (C=O) groups is 3. The monoisotopic (exact) mass is 965 g/mol. The van der Waals surface area contributed by atoms with E-state index in [0.717, 1.165) is 22.8 Å². The molecule has 17 heteroatoms. The van der Waals surface area contributed by atoms with Gasteiger partial charge >= 0.3 is 0 Å². The zero-order valence-corrected chi connectivity index (χ0v) is 40.4. The Hall–Kier alpha value is -9.56. The number of methoxy groups -OCH3 is 4. The van der Waals surface area contributed by atoms with E-state index in [2.05, 4.69) is 9.97 Å². The van der Waals surface area contributed by atoms with Gasteiger partial charge in [-0.2, -0.15) is 5.26 Å². The number of nitrogens with two attached hydrogens (primary N) is 2. The third kappa shape index (κ3) is 15.2. The molecule has 0 atom stereocenters.